The molecule has 0 spiro atoms. The third-order valence-corrected chi connectivity index (χ3v) is 2.62. The van der Waals surface area contributed by atoms with Gasteiger partial charge in [-0.05, 0) is 35.4 Å². The number of hydrogen-bond acceptors (Lipinski definition) is 4. The molecule has 2 aromatic rings. The molecule has 1 aromatic heterocycles. The van der Waals surface area contributed by atoms with Gasteiger partial charge in [0, 0.05) is 12.7 Å². The first kappa shape index (κ1) is 13.9. The smallest absolute Gasteiger partial charge is 0.191 e. The Balaban J connectivity index is 2.17. The predicted octanol–water partition coefficient (Wildman–Crippen LogP) is 2.27. The van der Waals surface area contributed by atoms with Crippen LogP contribution in [0, 0.1) is 23.0 Å². The Morgan fingerprint density at radius 2 is 1.90 bits per heavy atom. The molecule has 0 aliphatic heterocycles. The molecule has 102 valence electrons. The Morgan fingerprint density at radius 1 is 1.20 bits per heavy atom. The quantitative estimate of drug-likeness (QED) is 0.929. The van der Waals surface area contributed by atoms with E-state index in [1.807, 2.05) is 6.07 Å². The van der Waals surface area contributed by atoms with Gasteiger partial charge in [0.1, 0.15) is 18.4 Å². The highest BCUT2D eigenvalue weighted by atomic mass is 19.1. The summed E-state index contributed by atoms with van der Waals surface area (Å²) < 4.78 is 32.4. The molecule has 0 unspecified atom stereocenters. The summed E-state index contributed by atoms with van der Waals surface area (Å²) in [5.41, 5.74) is 6.48. The fraction of sp³-hybridized carbons (Fsp3) is 0.143. The van der Waals surface area contributed by atoms with E-state index in [2.05, 4.69) is 4.98 Å². The molecule has 1 heterocycles. The van der Waals surface area contributed by atoms with E-state index >= 15 is 0 Å². The number of halogens is 2. The molecule has 0 aliphatic carbocycles. The summed E-state index contributed by atoms with van der Waals surface area (Å²) in [6, 6.07) is 7.23. The van der Waals surface area contributed by atoms with Crippen molar-refractivity contribution in [3.05, 3.63) is 58.9 Å². The number of hydrogen-bond donors (Lipinski definition) is 1. The lowest BCUT2D eigenvalue weighted by Crippen LogP contribution is -2.03. The van der Waals surface area contributed by atoms with Crippen LogP contribution >= 0.6 is 0 Å². The molecule has 0 bridgehead atoms. The average molecular weight is 275 g/mol. The second-order valence-corrected chi connectivity index (χ2v) is 4.04. The Kier molecular flexibility index (Phi) is 4.23. The van der Waals surface area contributed by atoms with E-state index < -0.39 is 17.4 Å². The molecule has 0 fully saturated rings. The maximum Gasteiger partial charge on any atom is 0.191 e. The first-order valence-electron chi connectivity index (χ1n) is 5.80. The highest BCUT2D eigenvalue weighted by molar-refractivity contribution is 5.32. The fourth-order valence-corrected chi connectivity index (χ4v) is 1.65. The molecule has 0 amide bonds. The fourth-order valence-electron chi connectivity index (χ4n) is 1.65. The summed E-state index contributed by atoms with van der Waals surface area (Å²) in [5, 5.41) is 8.71. The summed E-state index contributed by atoms with van der Waals surface area (Å²) >= 11 is 0. The van der Waals surface area contributed by atoms with Crippen LogP contribution in [-0.2, 0) is 13.2 Å². The van der Waals surface area contributed by atoms with E-state index in [9.17, 15) is 8.78 Å². The molecule has 0 atom stereocenters. The number of pyridine rings is 1. The molecule has 20 heavy (non-hydrogen) atoms. The molecule has 0 radical (unpaired) electrons. The van der Waals surface area contributed by atoms with Gasteiger partial charge < -0.3 is 10.5 Å². The van der Waals surface area contributed by atoms with E-state index in [1.54, 1.807) is 6.07 Å². The number of nitrogens with two attached hydrogens (primary N) is 1. The van der Waals surface area contributed by atoms with Gasteiger partial charge in [0.15, 0.2) is 17.4 Å². The number of nitrogens with zero attached hydrogens (tertiary/aromatic N) is 2. The molecule has 0 saturated heterocycles. The molecule has 2 N–H and O–H groups in total. The Hall–Kier alpha value is -2.52. The highest BCUT2D eigenvalue weighted by Gasteiger charge is 2.12. The lowest BCUT2D eigenvalue weighted by Gasteiger charge is -2.09. The minimum Gasteiger partial charge on any atom is -0.483 e. The van der Waals surface area contributed by atoms with Crippen LogP contribution < -0.4 is 10.5 Å². The Bertz CT molecular complexity index is 645. The van der Waals surface area contributed by atoms with Crippen molar-refractivity contribution in [1.82, 2.24) is 4.98 Å². The molecule has 1 aromatic carbocycles. The van der Waals surface area contributed by atoms with Crippen molar-refractivity contribution < 1.29 is 13.5 Å². The topological polar surface area (TPSA) is 71.9 Å². The summed E-state index contributed by atoms with van der Waals surface area (Å²) in [7, 11) is 0. The standard InChI is InChI=1S/C14H11F2N3O/c15-12-4-10(6-17)5-13(16)14(12)20-8-9-1-2-19-11(3-9)7-18/h1-5H,6,8,17H2. The summed E-state index contributed by atoms with van der Waals surface area (Å²) in [4.78, 5) is 3.79. The Morgan fingerprint density at radius 3 is 2.50 bits per heavy atom. The predicted molar refractivity (Wildman–Crippen MR) is 67.5 cm³/mol. The van der Waals surface area contributed by atoms with Crippen LogP contribution in [0.3, 0.4) is 0 Å². The second-order valence-electron chi connectivity index (χ2n) is 4.04. The Labute approximate surface area is 114 Å². The van der Waals surface area contributed by atoms with Crippen molar-refractivity contribution in [3.63, 3.8) is 0 Å². The van der Waals surface area contributed by atoms with Gasteiger partial charge >= 0.3 is 0 Å². The van der Waals surface area contributed by atoms with Crippen molar-refractivity contribution in [2.75, 3.05) is 0 Å². The van der Waals surface area contributed by atoms with E-state index in [0.29, 0.717) is 11.1 Å². The number of ether oxygens (including phenoxy) is 1. The van der Waals surface area contributed by atoms with E-state index in [4.69, 9.17) is 15.7 Å². The molecule has 0 saturated carbocycles. The zero-order valence-electron chi connectivity index (χ0n) is 10.4. The first-order valence-corrected chi connectivity index (χ1v) is 5.80. The van der Waals surface area contributed by atoms with Crippen LogP contribution in [0.5, 0.6) is 5.75 Å². The van der Waals surface area contributed by atoms with E-state index in [-0.39, 0.29) is 18.8 Å². The maximum absolute atomic E-state index is 13.7. The summed E-state index contributed by atoms with van der Waals surface area (Å²) in [5.74, 6) is -2.07. The average Bonchev–Trinajstić information content (AvgIpc) is 2.46. The van der Waals surface area contributed by atoms with Crippen molar-refractivity contribution in [2.45, 2.75) is 13.2 Å². The van der Waals surface area contributed by atoms with Gasteiger partial charge in [0.2, 0.25) is 0 Å². The molecular formula is C14H11F2N3O. The van der Waals surface area contributed by atoms with Crippen LogP contribution in [-0.4, -0.2) is 4.98 Å². The van der Waals surface area contributed by atoms with Gasteiger partial charge in [0.25, 0.3) is 0 Å². The molecule has 0 aliphatic rings. The monoisotopic (exact) mass is 275 g/mol. The van der Waals surface area contributed by atoms with Crippen molar-refractivity contribution in [2.24, 2.45) is 5.73 Å². The zero-order valence-corrected chi connectivity index (χ0v) is 10.4. The van der Waals surface area contributed by atoms with Crippen LogP contribution in [0.15, 0.2) is 30.5 Å². The SMILES string of the molecule is N#Cc1cc(COc2c(F)cc(CN)cc2F)ccn1. The summed E-state index contributed by atoms with van der Waals surface area (Å²) in [6.07, 6.45) is 1.43. The van der Waals surface area contributed by atoms with Gasteiger partial charge in [-0.3, -0.25) is 0 Å². The van der Waals surface area contributed by atoms with E-state index in [0.717, 1.165) is 12.1 Å². The minimum absolute atomic E-state index is 0.0456. The van der Waals surface area contributed by atoms with Crippen molar-refractivity contribution in [3.8, 4) is 11.8 Å². The van der Waals surface area contributed by atoms with Crippen molar-refractivity contribution >= 4 is 0 Å². The second kappa shape index (κ2) is 6.08. The normalized spacial score (nSPS) is 10.1. The van der Waals surface area contributed by atoms with Crippen LogP contribution in [0.1, 0.15) is 16.8 Å². The largest absolute Gasteiger partial charge is 0.483 e. The number of nitriles is 1. The molecular weight excluding hydrogens is 264 g/mol. The lowest BCUT2D eigenvalue weighted by atomic mass is 10.2. The lowest BCUT2D eigenvalue weighted by molar-refractivity contribution is 0.273. The van der Waals surface area contributed by atoms with Gasteiger partial charge in [-0.15, -0.1) is 0 Å². The third-order valence-electron chi connectivity index (χ3n) is 2.62. The zero-order chi connectivity index (χ0) is 14.5. The van der Waals surface area contributed by atoms with Crippen molar-refractivity contribution in [1.29, 1.82) is 5.26 Å². The molecule has 2 rings (SSSR count). The van der Waals surface area contributed by atoms with Gasteiger partial charge in [0.05, 0.1) is 0 Å². The first-order chi connectivity index (χ1) is 9.63. The number of rotatable bonds is 4. The van der Waals surface area contributed by atoms with Gasteiger partial charge in [-0.25, -0.2) is 13.8 Å². The number of aromatic nitrogens is 1. The molecule has 4 nitrogen and oxygen atoms in total. The van der Waals surface area contributed by atoms with E-state index in [1.165, 1.54) is 12.3 Å². The van der Waals surface area contributed by atoms with Crippen LogP contribution in [0.25, 0.3) is 0 Å². The third kappa shape index (κ3) is 3.08. The van der Waals surface area contributed by atoms with Crippen LogP contribution in [0.2, 0.25) is 0 Å². The minimum atomic E-state index is -0.806. The summed E-state index contributed by atoms with van der Waals surface area (Å²) in [6.45, 7) is -0.0168. The van der Waals surface area contributed by atoms with Gasteiger partial charge in [-0.2, -0.15) is 5.26 Å². The molecule has 6 heteroatoms. The highest BCUT2D eigenvalue weighted by Crippen LogP contribution is 2.24. The number of benzene rings is 1. The van der Waals surface area contributed by atoms with Gasteiger partial charge in [-0.1, -0.05) is 0 Å². The maximum atomic E-state index is 13.7. The van der Waals surface area contributed by atoms with Crippen LogP contribution in [0.4, 0.5) is 8.78 Å².